The third-order valence-corrected chi connectivity index (χ3v) is 7.22. The summed E-state index contributed by atoms with van der Waals surface area (Å²) < 4.78 is 11.1. The van der Waals surface area contributed by atoms with Crippen molar-refractivity contribution >= 4 is 35.1 Å². The number of amides is 1. The fourth-order valence-corrected chi connectivity index (χ4v) is 5.54. The van der Waals surface area contributed by atoms with E-state index < -0.39 is 0 Å². The average Bonchev–Trinajstić information content (AvgIpc) is 3.21. The first-order valence-electron chi connectivity index (χ1n) is 7.97. The predicted octanol–water partition coefficient (Wildman–Crippen LogP) is 4.46. The van der Waals surface area contributed by atoms with Gasteiger partial charge in [0, 0.05) is 35.9 Å². The van der Waals surface area contributed by atoms with Crippen LogP contribution in [0.15, 0.2) is 42.5 Å². The first-order chi connectivity index (χ1) is 12.1. The molecule has 0 N–H and O–H groups in total. The summed E-state index contributed by atoms with van der Waals surface area (Å²) in [6.45, 7) is 0. The number of thioether (sulfide) groups is 2. The van der Waals surface area contributed by atoms with Gasteiger partial charge < -0.3 is 14.4 Å². The molecule has 0 atom stereocenters. The maximum atomic E-state index is 12.8. The highest BCUT2D eigenvalue weighted by atomic mass is 32.2. The van der Waals surface area contributed by atoms with Crippen LogP contribution in [-0.4, -0.2) is 38.7 Å². The fraction of sp³-hybridized carbons (Fsp3) is 0.316. The number of carbonyl (C=O) groups excluding carboxylic acids is 1. The summed E-state index contributed by atoms with van der Waals surface area (Å²) in [5, 5.41) is 0. The molecule has 1 fully saturated rings. The molecule has 25 heavy (non-hydrogen) atoms. The minimum Gasteiger partial charge on any atom is -0.493 e. The molecular formula is C19H21NO3S2. The van der Waals surface area contributed by atoms with Crippen LogP contribution in [-0.2, 0) is 0 Å². The normalized spacial score (nSPS) is 14.4. The van der Waals surface area contributed by atoms with Gasteiger partial charge in [0.25, 0.3) is 5.91 Å². The van der Waals surface area contributed by atoms with Crippen LogP contribution in [0.5, 0.6) is 11.5 Å². The fourth-order valence-electron chi connectivity index (χ4n) is 2.68. The van der Waals surface area contributed by atoms with Crippen LogP contribution in [0.3, 0.4) is 0 Å². The SMILES string of the molecule is COc1ccc(N(C)C(=O)c2ccc(C3SCCS3)cc2)cc1OC. The van der Waals surface area contributed by atoms with Crippen molar-refractivity contribution in [3.63, 3.8) is 0 Å². The molecule has 4 nitrogen and oxygen atoms in total. The Bertz CT molecular complexity index is 743. The van der Waals surface area contributed by atoms with E-state index in [4.69, 9.17) is 9.47 Å². The Kier molecular flexibility index (Phi) is 5.81. The Hall–Kier alpha value is -1.79. The van der Waals surface area contributed by atoms with Gasteiger partial charge in [-0.15, -0.1) is 23.5 Å². The Morgan fingerprint density at radius 1 is 1.00 bits per heavy atom. The van der Waals surface area contributed by atoms with Crippen molar-refractivity contribution in [2.45, 2.75) is 4.58 Å². The van der Waals surface area contributed by atoms with Crippen molar-refractivity contribution in [3.05, 3.63) is 53.6 Å². The van der Waals surface area contributed by atoms with Gasteiger partial charge in [0.05, 0.1) is 18.8 Å². The Morgan fingerprint density at radius 3 is 2.24 bits per heavy atom. The Balaban J connectivity index is 1.77. The van der Waals surface area contributed by atoms with Gasteiger partial charge in [-0.3, -0.25) is 4.79 Å². The van der Waals surface area contributed by atoms with Crippen LogP contribution >= 0.6 is 23.5 Å². The summed E-state index contributed by atoms with van der Waals surface area (Å²) >= 11 is 3.92. The van der Waals surface area contributed by atoms with Crippen molar-refractivity contribution in [1.29, 1.82) is 0 Å². The molecule has 1 aliphatic rings. The standard InChI is InChI=1S/C19H21NO3S2/c1-20(15-8-9-16(22-2)17(12-15)23-3)18(21)13-4-6-14(7-5-13)19-24-10-11-25-19/h4-9,12,19H,10-11H2,1-3H3. The molecule has 0 bridgehead atoms. The maximum Gasteiger partial charge on any atom is 0.258 e. The van der Waals surface area contributed by atoms with Gasteiger partial charge in [-0.1, -0.05) is 12.1 Å². The molecule has 3 rings (SSSR count). The van der Waals surface area contributed by atoms with Crippen molar-refractivity contribution in [2.24, 2.45) is 0 Å². The largest absolute Gasteiger partial charge is 0.493 e. The highest BCUT2D eigenvalue weighted by Crippen LogP contribution is 2.45. The maximum absolute atomic E-state index is 12.8. The summed E-state index contributed by atoms with van der Waals surface area (Å²) in [6.07, 6.45) is 0. The number of methoxy groups -OCH3 is 2. The van der Waals surface area contributed by atoms with Crippen LogP contribution in [0.2, 0.25) is 0 Å². The van der Waals surface area contributed by atoms with Crippen molar-refractivity contribution < 1.29 is 14.3 Å². The molecule has 0 aliphatic carbocycles. The van der Waals surface area contributed by atoms with E-state index in [1.54, 1.807) is 38.3 Å². The van der Waals surface area contributed by atoms with Gasteiger partial charge >= 0.3 is 0 Å². The molecule has 6 heteroatoms. The van der Waals surface area contributed by atoms with Crippen LogP contribution in [0.4, 0.5) is 5.69 Å². The Labute approximate surface area is 156 Å². The van der Waals surface area contributed by atoms with E-state index in [0.717, 1.165) is 5.69 Å². The minimum absolute atomic E-state index is 0.0505. The lowest BCUT2D eigenvalue weighted by Crippen LogP contribution is -2.26. The van der Waals surface area contributed by atoms with Crippen LogP contribution in [0, 0.1) is 0 Å². The van der Waals surface area contributed by atoms with Gasteiger partial charge in [0.15, 0.2) is 11.5 Å². The van der Waals surface area contributed by atoms with Gasteiger partial charge in [-0.25, -0.2) is 0 Å². The molecule has 1 amide bonds. The quantitative estimate of drug-likeness (QED) is 0.771. The lowest BCUT2D eigenvalue weighted by molar-refractivity contribution is 0.0993. The van der Waals surface area contributed by atoms with Crippen molar-refractivity contribution in [1.82, 2.24) is 0 Å². The zero-order valence-corrected chi connectivity index (χ0v) is 16.2. The van der Waals surface area contributed by atoms with E-state index in [1.165, 1.54) is 17.1 Å². The molecule has 1 saturated heterocycles. The number of benzene rings is 2. The molecule has 2 aromatic rings. The second-order valence-electron chi connectivity index (χ2n) is 5.60. The first kappa shape index (κ1) is 18.0. The highest BCUT2D eigenvalue weighted by molar-refractivity contribution is 8.19. The van der Waals surface area contributed by atoms with Gasteiger partial charge in [0.2, 0.25) is 0 Å². The topological polar surface area (TPSA) is 38.8 Å². The highest BCUT2D eigenvalue weighted by Gasteiger charge is 2.20. The molecule has 0 radical (unpaired) electrons. The summed E-state index contributed by atoms with van der Waals surface area (Å²) in [4.78, 5) is 14.4. The molecule has 0 spiro atoms. The van der Waals surface area contributed by atoms with Gasteiger partial charge in [-0.05, 0) is 29.8 Å². The molecule has 132 valence electrons. The van der Waals surface area contributed by atoms with Crippen molar-refractivity contribution in [3.8, 4) is 11.5 Å². The van der Waals surface area contributed by atoms with E-state index in [1.807, 2.05) is 41.7 Å². The van der Waals surface area contributed by atoms with E-state index in [0.29, 0.717) is 21.6 Å². The number of hydrogen-bond acceptors (Lipinski definition) is 5. The van der Waals surface area contributed by atoms with E-state index in [-0.39, 0.29) is 5.91 Å². The number of nitrogens with zero attached hydrogens (tertiary/aromatic N) is 1. The average molecular weight is 376 g/mol. The van der Waals surface area contributed by atoms with Gasteiger partial charge in [-0.2, -0.15) is 0 Å². The third kappa shape index (κ3) is 3.90. The molecule has 1 aliphatic heterocycles. The molecule has 1 heterocycles. The second-order valence-corrected chi connectivity index (χ2v) is 8.32. The smallest absolute Gasteiger partial charge is 0.258 e. The summed E-state index contributed by atoms with van der Waals surface area (Å²) in [6, 6.07) is 13.4. The number of ether oxygens (including phenoxy) is 2. The van der Waals surface area contributed by atoms with Gasteiger partial charge in [0.1, 0.15) is 0 Å². The van der Waals surface area contributed by atoms with E-state index in [2.05, 4.69) is 12.1 Å². The summed E-state index contributed by atoms with van der Waals surface area (Å²) in [7, 11) is 4.94. The minimum atomic E-state index is -0.0505. The monoisotopic (exact) mass is 375 g/mol. The summed E-state index contributed by atoms with van der Waals surface area (Å²) in [5.74, 6) is 3.58. The molecular weight excluding hydrogens is 354 g/mol. The summed E-state index contributed by atoms with van der Waals surface area (Å²) in [5.41, 5.74) is 2.71. The molecule has 0 aromatic heterocycles. The molecule has 2 aromatic carbocycles. The number of rotatable bonds is 5. The molecule has 0 saturated carbocycles. The number of carbonyl (C=O) groups is 1. The Morgan fingerprint density at radius 2 is 1.64 bits per heavy atom. The van der Waals surface area contributed by atoms with Crippen LogP contribution in [0.25, 0.3) is 0 Å². The third-order valence-electron chi connectivity index (χ3n) is 4.11. The zero-order valence-electron chi connectivity index (χ0n) is 14.5. The van der Waals surface area contributed by atoms with E-state index >= 15 is 0 Å². The van der Waals surface area contributed by atoms with Crippen LogP contribution in [0.1, 0.15) is 20.5 Å². The first-order valence-corrected chi connectivity index (χ1v) is 10.1. The van der Waals surface area contributed by atoms with E-state index in [9.17, 15) is 4.79 Å². The second kappa shape index (κ2) is 8.06. The van der Waals surface area contributed by atoms with Crippen molar-refractivity contribution in [2.75, 3.05) is 37.7 Å². The lowest BCUT2D eigenvalue weighted by atomic mass is 10.1. The van der Waals surface area contributed by atoms with Crippen LogP contribution < -0.4 is 14.4 Å². The number of hydrogen-bond donors (Lipinski definition) is 0. The molecule has 0 unspecified atom stereocenters. The lowest BCUT2D eigenvalue weighted by Gasteiger charge is -2.19. The zero-order chi connectivity index (χ0) is 17.8. The number of anilines is 1. The predicted molar refractivity (Wildman–Crippen MR) is 106 cm³/mol.